The van der Waals surface area contributed by atoms with Gasteiger partial charge in [0.15, 0.2) is 29.0 Å². The van der Waals surface area contributed by atoms with E-state index in [9.17, 15) is 22.8 Å². The number of halogens is 3. The molecule has 2 amide bonds. The van der Waals surface area contributed by atoms with Crippen LogP contribution >= 0.6 is 0 Å². The molecule has 1 aliphatic rings. The molecule has 0 fully saturated rings. The molecule has 0 radical (unpaired) electrons. The number of hydrogen-bond donors (Lipinski definition) is 2. The van der Waals surface area contributed by atoms with E-state index in [1.54, 1.807) is 12.1 Å². The van der Waals surface area contributed by atoms with E-state index >= 15 is 0 Å². The van der Waals surface area contributed by atoms with Crippen molar-refractivity contribution in [2.45, 2.75) is 0 Å². The highest BCUT2D eigenvalue weighted by molar-refractivity contribution is 5.95. The van der Waals surface area contributed by atoms with Crippen LogP contribution in [-0.2, 0) is 0 Å². The molecule has 0 bridgehead atoms. The van der Waals surface area contributed by atoms with E-state index in [0.29, 0.717) is 23.1 Å². The Bertz CT molecular complexity index is 873. The first kappa shape index (κ1) is 17.6. The first-order valence-corrected chi connectivity index (χ1v) is 7.57. The van der Waals surface area contributed by atoms with Crippen molar-refractivity contribution < 1.29 is 32.2 Å². The number of rotatable bonds is 5. The molecule has 6 nitrogen and oxygen atoms in total. The summed E-state index contributed by atoms with van der Waals surface area (Å²) < 4.78 is 49.8. The number of nitrogens with one attached hydrogen (secondary N) is 2. The van der Waals surface area contributed by atoms with E-state index < -0.39 is 34.8 Å². The van der Waals surface area contributed by atoms with Gasteiger partial charge in [0.2, 0.25) is 6.79 Å². The Labute approximate surface area is 145 Å². The van der Waals surface area contributed by atoms with Gasteiger partial charge in [-0.05, 0) is 30.3 Å². The average molecular weight is 366 g/mol. The molecule has 136 valence electrons. The third-order valence-corrected chi connectivity index (χ3v) is 3.61. The van der Waals surface area contributed by atoms with Crippen LogP contribution in [0.25, 0.3) is 0 Å². The number of hydrogen-bond acceptors (Lipinski definition) is 4. The van der Waals surface area contributed by atoms with Crippen molar-refractivity contribution in [3.05, 3.63) is 58.9 Å². The Balaban J connectivity index is 1.50. The molecule has 2 N–H and O–H groups in total. The number of carbonyl (C=O) groups excluding carboxylic acids is 2. The summed E-state index contributed by atoms with van der Waals surface area (Å²) in [6, 6.07) is 6.18. The number of carbonyl (C=O) groups is 2. The minimum Gasteiger partial charge on any atom is -0.454 e. The molecule has 0 unspecified atom stereocenters. The van der Waals surface area contributed by atoms with E-state index in [-0.39, 0.29) is 19.9 Å². The Morgan fingerprint density at radius 1 is 0.885 bits per heavy atom. The van der Waals surface area contributed by atoms with Crippen LogP contribution < -0.4 is 20.1 Å². The van der Waals surface area contributed by atoms with Crippen molar-refractivity contribution in [1.29, 1.82) is 0 Å². The van der Waals surface area contributed by atoms with Crippen molar-refractivity contribution in [3.8, 4) is 11.5 Å². The summed E-state index contributed by atoms with van der Waals surface area (Å²) in [5.41, 5.74) is -0.279. The van der Waals surface area contributed by atoms with Gasteiger partial charge in [0, 0.05) is 18.7 Å². The molecule has 2 aromatic carbocycles. The lowest BCUT2D eigenvalue weighted by Gasteiger charge is -2.08. The molecule has 0 aromatic heterocycles. The first-order valence-electron chi connectivity index (χ1n) is 7.57. The van der Waals surface area contributed by atoms with Crippen LogP contribution in [0.3, 0.4) is 0 Å². The lowest BCUT2D eigenvalue weighted by molar-refractivity contribution is 0.0924. The van der Waals surface area contributed by atoms with Gasteiger partial charge in [-0.15, -0.1) is 0 Å². The normalized spacial score (nSPS) is 12.0. The van der Waals surface area contributed by atoms with Crippen molar-refractivity contribution >= 4 is 11.8 Å². The molecular weight excluding hydrogens is 353 g/mol. The Morgan fingerprint density at radius 2 is 1.58 bits per heavy atom. The van der Waals surface area contributed by atoms with Crippen LogP contribution in [-0.4, -0.2) is 31.7 Å². The van der Waals surface area contributed by atoms with Gasteiger partial charge >= 0.3 is 0 Å². The monoisotopic (exact) mass is 366 g/mol. The summed E-state index contributed by atoms with van der Waals surface area (Å²) in [6.07, 6.45) is 0. The second-order valence-electron chi connectivity index (χ2n) is 5.30. The van der Waals surface area contributed by atoms with Gasteiger partial charge in [0.25, 0.3) is 11.8 Å². The quantitative estimate of drug-likeness (QED) is 0.627. The molecule has 0 spiro atoms. The van der Waals surface area contributed by atoms with Crippen LogP contribution in [0.5, 0.6) is 11.5 Å². The molecule has 1 heterocycles. The fourth-order valence-corrected chi connectivity index (χ4v) is 2.29. The summed E-state index contributed by atoms with van der Waals surface area (Å²) in [5.74, 6) is -4.98. The lowest BCUT2D eigenvalue weighted by atomic mass is 10.2. The highest BCUT2D eigenvalue weighted by atomic mass is 19.2. The van der Waals surface area contributed by atoms with E-state index in [1.807, 2.05) is 0 Å². The average Bonchev–Trinajstić information content (AvgIpc) is 3.10. The maximum Gasteiger partial charge on any atom is 0.254 e. The summed E-state index contributed by atoms with van der Waals surface area (Å²) in [6.45, 7) is 0.102. The highest BCUT2D eigenvalue weighted by Crippen LogP contribution is 2.32. The number of ether oxygens (including phenoxy) is 2. The van der Waals surface area contributed by atoms with E-state index in [1.165, 1.54) is 6.07 Å². The summed E-state index contributed by atoms with van der Waals surface area (Å²) in [7, 11) is 0. The fraction of sp³-hybridized carbons (Fsp3) is 0.176. The summed E-state index contributed by atoms with van der Waals surface area (Å²) in [4.78, 5) is 23.8. The second-order valence-corrected chi connectivity index (χ2v) is 5.30. The molecule has 0 atom stereocenters. The molecule has 26 heavy (non-hydrogen) atoms. The zero-order valence-corrected chi connectivity index (χ0v) is 13.3. The predicted octanol–water partition coefficient (Wildman–Crippen LogP) is 1.99. The number of amides is 2. The van der Waals surface area contributed by atoms with Gasteiger partial charge in [0.1, 0.15) is 0 Å². The highest BCUT2D eigenvalue weighted by Gasteiger charge is 2.19. The zero-order chi connectivity index (χ0) is 18.7. The van der Waals surface area contributed by atoms with Crippen molar-refractivity contribution in [1.82, 2.24) is 10.6 Å². The third-order valence-electron chi connectivity index (χ3n) is 3.61. The van der Waals surface area contributed by atoms with Crippen molar-refractivity contribution in [3.63, 3.8) is 0 Å². The SMILES string of the molecule is O=C(NCCNC(=O)c1ccc(F)c(F)c1F)c1ccc2c(c1)OCO2. The summed E-state index contributed by atoms with van der Waals surface area (Å²) in [5, 5.41) is 4.86. The van der Waals surface area contributed by atoms with Crippen molar-refractivity contribution in [2.24, 2.45) is 0 Å². The van der Waals surface area contributed by atoms with E-state index in [0.717, 1.165) is 6.07 Å². The fourth-order valence-electron chi connectivity index (χ4n) is 2.29. The van der Waals surface area contributed by atoms with Crippen LogP contribution in [0.15, 0.2) is 30.3 Å². The van der Waals surface area contributed by atoms with Crippen LogP contribution in [0.4, 0.5) is 13.2 Å². The first-order chi connectivity index (χ1) is 12.5. The molecule has 0 saturated heterocycles. The molecule has 0 aliphatic carbocycles. The molecule has 3 rings (SSSR count). The standard InChI is InChI=1S/C17H13F3N2O4/c18-11-3-2-10(14(19)15(11)20)17(24)22-6-5-21-16(23)9-1-4-12-13(7-9)26-8-25-12/h1-4,7H,5-6,8H2,(H,21,23)(H,22,24). The van der Waals surface area contributed by atoms with Gasteiger partial charge in [-0.3, -0.25) is 9.59 Å². The maximum absolute atomic E-state index is 13.5. The Kier molecular flexibility index (Phi) is 4.97. The topological polar surface area (TPSA) is 76.7 Å². The molecule has 9 heteroatoms. The lowest BCUT2D eigenvalue weighted by Crippen LogP contribution is -2.35. The second kappa shape index (κ2) is 7.34. The minimum atomic E-state index is -1.71. The van der Waals surface area contributed by atoms with Gasteiger partial charge < -0.3 is 20.1 Å². The Morgan fingerprint density at radius 3 is 2.35 bits per heavy atom. The molecule has 1 aliphatic heterocycles. The summed E-state index contributed by atoms with van der Waals surface area (Å²) >= 11 is 0. The largest absolute Gasteiger partial charge is 0.454 e. The smallest absolute Gasteiger partial charge is 0.254 e. The van der Waals surface area contributed by atoms with Gasteiger partial charge in [0.05, 0.1) is 5.56 Å². The van der Waals surface area contributed by atoms with Crippen molar-refractivity contribution in [2.75, 3.05) is 19.9 Å². The zero-order valence-electron chi connectivity index (χ0n) is 13.3. The number of fused-ring (bicyclic) bond motifs is 1. The molecule has 2 aromatic rings. The number of benzene rings is 2. The van der Waals surface area contributed by atoms with Gasteiger partial charge in [-0.25, -0.2) is 13.2 Å². The van der Waals surface area contributed by atoms with Crippen LogP contribution in [0.2, 0.25) is 0 Å². The van der Waals surface area contributed by atoms with E-state index in [2.05, 4.69) is 10.6 Å². The van der Waals surface area contributed by atoms with Crippen LogP contribution in [0.1, 0.15) is 20.7 Å². The maximum atomic E-state index is 13.5. The third kappa shape index (κ3) is 3.56. The molecule has 0 saturated carbocycles. The predicted molar refractivity (Wildman–Crippen MR) is 83.5 cm³/mol. The molecular formula is C17H13F3N2O4. The van der Waals surface area contributed by atoms with Gasteiger partial charge in [-0.2, -0.15) is 0 Å². The Hall–Kier alpha value is -3.23. The van der Waals surface area contributed by atoms with E-state index in [4.69, 9.17) is 9.47 Å². The van der Waals surface area contributed by atoms with Crippen LogP contribution in [0, 0.1) is 17.5 Å². The van der Waals surface area contributed by atoms with Gasteiger partial charge in [-0.1, -0.05) is 0 Å². The minimum absolute atomic E-state index is 0.0342.